The maximum absolute atomic E-state index is 10.6. The monoisotopic (exact) mass is 556 g/mol. The third-order valence-corrected chi connectivity index (χ3v) is 13.9. The lowest BCUT2D eigenvalue weighted by molar-refractivity contribution is -0.230. The molecule has 16 atom stereocenters. The molecule has 7 nitrogen and oxygen atoms in total. The van der Waals surface area contributed by atoms with Gasteiger partial charge >= 0.3 is 0 Å². The molecule has 12 unspecified atom stereocenters. The molecule has 4 saturated heterocycles. The van der Waals surface area contributed by atoms with Gasteiger partial charge in [0, 0.05) is 12.5 Å². The number of aliphatic hydroxyl groups is 1. The quantitative estimate of drug-likeness (QED) is 0.352. The Bertz CT molecular complexity index is 1040. The van der Waals surface area contributed by atoms with Gasteiger partial charge in [-0.05, 0) is 105 Å². The topological polar surface area (TPSA) is 84.5 Å². The van der Waals surface area contributed by atoms with Crippen molar-refractivity contribution in [2.45, 2.75) is 134 Å². The second-order valence-corrected chi connectivity index (χ2v) is 15.7. The van der Waals surface area contributed by atoms with E-state index < -0.39 is 12.4 Å². The van der Waals surface area contributed by atoms with Gasteiger partial charge in [-0.15, -0.1) is 0 Å². The van der Waals surface area contributed by atoms with E-state index in [0.29, 0.717) is 23.4 Å². The molecule has 0 radical (unpaired) electrons. The molecule has 224 valence electrons. The van der Waals surface area contributed by atoms with Crippen molar-refractivity contribution in [3.8, 4) is 0 Å². The van der Waals surface area contributed by atoms with Gasteiger partial charge in [0.1, 0.15) is 17.9 Å². The zero-order valence-electron chi connectivity index (χ0n) is 25.2. The van der Waals surface area contributed by atoms with Crippen molar-refractivity contribution < 1.29 is 24.1 Å². The van der Waals surface area contributed by atoms with Gasteiger partial charge in [-0.1, -0.05) is 39.3 Å². The molecule has 4 aliphatic heterocycles. The zero-order valence-corrected chi connectivity index (χ0v) is 25.2. The van der Waals surface area contributed by atoms with E-state index >= 15 is 0 Å². The average Bonchev–Trinajstić information content (AvgIpc) is 3.58. The molecule has 0 aromatic rings. The molecule has 3 saturated carbocycles. The predicted molar refractivity (Wildman–Crippen MR) is 151 cm³/mol. The summed E-state index contributed by atoms with van der Waals surface area (Å²) in [6, 6.07) is -0.254. The highest BCUT2D eigenvalue weighted by Crippen LogP contribution is 2.70. The molecule has 0 aromatic carbocycles. The zero-order chi connectivity index (χ0) is 27.6. The maximum Gasteiger partial charge on any atom is 0.190 e. The number of hydrogen-bond acceptors (Lipinski definition) is 7. The minimum atomic E-state index is -0.584. The summed E-state index contributed by atoms with van der Waals surface area (Å²) in [4.78, 5) is 0. The summed E-state index contributed by atoms with van der Waals surface area (Å²) in [5.41, 5.74) is 2.21. The smallest absolute Gasteiger partial charge is 0.190 e. The molecular weight excluding hydrogens is 504 g/mol. The first-order chi connectivity index (χ1) is 19.2. The van der Waals surface area contributed by atoms with Crippen LogP contribution in [0.3, 0.4) is 0 Å². The second kappa shape index (κ2) is 9.23. The number of likely N-dealkylation sites (N-methyl/N-ethyl adjacent to an activating group) is 1. The third kappa shape index (κ3) is 3.74. The van der Waals surface area contributed by atoms with E-state index in [-0.39, 0.29) is 35.7 Å². The minimum Gasteiger partial charge on any atom is -0.388 e. The van der Waals surface area contributed by atoms with Crippen LogP contribution in [0.15, 0.2) is 11.6 Å². The summed E-state index contributed by atoms with van der Waals surface area (Å²) in [5.74, 6) is 4.34. The largest absolute Gasteiger partial charge is 0.388 e. The summed E-state index contributed by atoms with van der Waals surface area (Å²) in [6.45, 7) is 11.2. The van der Waals surface area contributed by atoms with Gasteiger partial charge in [0.2, 0.25) is 0 Å². The fraction of sp³-hybridized carbons (Fsp3) is 0.939. The highest BCUT2D eigenvalue weighted by molar-refractivity contribution is 5.26. The van der Waals surface area contributed by atoms with Crippen LogP contribution in [0.1, 0.15) is 85.5 Å². The van der Waals surface area contributed by atoms with Crippen molar-refractivity contribution in [1.29, 1.82) is 0 Å². The Hall–Kier alpha value is -0.540. The van der Waals surface area contributed by atoms with Gasteiger partial charge in [-0.2, -0.15) is 0 Å². The third-order valence-electron chi connectivity index (χ3n) is 13.9. The molecule has 3 N–H and O–H groups in total. The molecule has 4 aliphatic carbocycles. The summed E-state index contributed by atoms with van der Waals surface area (Å²) >= 11 is 0. The van der Waals surface area contributed by atoms with Crippen molar-refractivity contribution in [2.75, 3.05) is 13.6 Å². The highest BCUT2D eigenvalue weighted by atomic mass is 16.8. The van der Waals surface area contributed by atoms with E-state index in [2.05, 4.69) is 44.4 Å². The van der Waals surface area contributed by atoms with Crippen LogP contribution in [0, 0.1) is 46.3 Å². The Morgan fingerprint density at radius 1 is 1.07 bits per heavy atom. The lowest BCUT2D eigenvalue weighted by Crippen LogP contribution is -2.57. The molecule has 7 fully saturated rings. The van der Waals surface area contributed by atoms with Crippen molar-refractivity contribution in [3.63, 3.8) is 0 Å². The van der Waals surface area contributed by atoms with Gasteiger partial charge in [0.25, 0.3) is 0 Å². The summed E-state index contributed by atoms with van der Waals surface area (Å²) in [6.07, 6.45) is 12.5. The van der Waals surface area contributed by atoms with Crippen LogP contribution in [0.25, 0.3) is 0 Å². The van der Waals surface area contributed by atoms with Crippen molar-refractivity contribution >= 4 is 0 Å². The Kier molecular flexibility index (Phi) is 6.24. The fourth-order valence-electron chi connectivity index (χ4n) is 11.6. The predicted octanol–water partition coefficient (Wildman–Crippen LogP) is 4.34. The lowest BCUT2D eigenvalue weighted by Gasteiger charge is -2.58. The van der Waals surface area contributed by atoms with Crippen LogP contribution >= 0.6 is 0 Å². The van der Waals surface area contributed by atoms with Crippen LogP contribution in [-0.2, 0) is 18.9 Å². The lowest BCUT2D eigenvalue weighted by atomic mass is 9.47. The van der Waals surface area contributed by atoms with Gasteiger partial charge in [-0.25, -0.2) is 0 Å². The number of allylic oxidation sites excluding steroid dienone is 1. The highest BCUT2D eigenvalue weighted by Gasteiger charge is 2.68. The average molecular weight is 557 g/mol. The van der Waals surface area contributed by atoms with E-state index in [1.54, 1.807) is 5.57 Å². The van der Waals surface area contributed by atoms with Crippen LogP contribution in [-0.4, -0.2) is 67.5 Å². The molecule has 8 aliphatic rings. The Morgan fingerprint density at radius 3 is 2.70 bits per heavy atom. The van der Waals surface area contributed by atoms with Crippen LogP contribution < -0.4 is 10.6 Å². The molecular formula is C33H52N2O5. The SMILES string of the molecule is CNC1C(O[C@H]2CC[C@@]3(C)C(=CCC4C5CC6OC7(CCC(C)CN7)[C@@H](C)C6[C@@]5(C)CCC43)C2)OC2OC2C1O. The summed E-state index contributed by atoms with van der Waals surface area (Å²) in [7, 11) is 1.86. The first kappa shape index (κ1) is 27.0. The number of rotatable bonds is 3. The minimum absolute atomic E-state index is 0.0758. The van der Waals surface area contributed by atoms with Crippen molar-refractivity contribution in [2.24, 2.45) is 46.3 Å². The molecule has 1 spiro atoms. The maximum atomic E-state index is 10.6. The molecule has 0 bridgehead atoms. The number of fused-ring (bicyclic) bond motifs is 8. The first-order valence-corrected chi connectivity index (χ1v) is 16.6. The van der Waals surface area contributed by atoms with E-state index in [4.69, 9.17) is 18.9 Å². The van der Waals surface area contributed by atoms with E-state index in [1.165, 1.54) is 44.9 Å². The van der Waals surface area contributed by atoms with Crippen LogP contribution in [0.4, 0.5) is 0 Å². The van der Waals surface area contributed by atoms with Gasteiger partial charge in [0.05, 0.1) is 18.2 Å². The van der Waals surface area contributed by atoms with Crippen LogP contribution in [0.2, 0.25) is 0 Å². The number of aliphatic hydroxyl groups excluding tert-OH is 1. The van der Waals surface area contributed by atoms with E-state index in [9.17, 15) is 5.11 Å². The number of piperidine rings is 1. The van der Waals surface area contributed by atoms with Gasteiger partial charge in [0.15, 0.2) is 12.6 Å². The molecule has 4 heterocycles. The molecule has 0 aromatic heterocycles. The van der Waals surface area contributed by atoms with Crippen molar-refractivity contribution in [3.05, 3.63) is 11.6 Å². The van der Waals surface area contributed by atoms with E-state index in [0.717, 1.165) is 43.1 Å². The van der Waals surface area contributed by atoms with Crippen molar-refractivity contribution in [1.82, 2.24) is 10.6 Å². The van der Waals surface area contributed by atoms with Gasteiger partial charge in [-0.3, -0.25) is 5.32 Å². The Morgan fingerprint density at radius 2 is 1.93 bits per heavy atom. The standard InChI is InChI=1S/C33H52N2O5/c1-17-8-13-33(35-16-17)18(2)25-24(40-33)15-23-21-7-6-19-14-20(9-11-31(19,3)22(21)10-12-32(23,25)4)37-29-26(34-5)27(36)28-30(38-28)39-29/h6,17-18,20-30,34-36H,7-16H2,1-5H3/t17?,18-,20-,21?,22?,23?,24?,25?,26?,27?,28?,29?,30?,31-,32-,33?/m0/s1. The Labute approximate surface area is 240 Å². The number of ether oxygens (including phenoxy) is 4. The summed E-state index contributed by atoms with van der Waals surface area (Å²) < 4.78 is 25.2. The number of hydrogen-bond donors (Lipinski definition) is 3. The normalized spacial score (nSPS) is 60.2. The molecule has 8 rings (SSSR count). The van der Waals surface area contributed by atoms with E-state index in [1.807, 2.05) is 7.05 Å². The fourth-order valence-corrected chi connectivity index (χ4v) is 11.6. The van der Waals surface area contributed by atoms with Crippen LogP contribution in [0.5, 0.6) is 0 Å². The number of epoxide rings is 1. The first-order valence-electron chi connectivity index (χ1n) is 16.6. The van der Waals surface area contributed by atoms with Gasteiger partial charge < -0.3 is 29.4 Å². The number of nitrogens with one attached hydrogen (secondary N) is 2. The summed E-state index contributed by atoms with van der Waals surface area (Å²) in [5, 5.41) is 17.7. The molecule has 0 amide bonds. The molecule has 7 heteroatoms. The second-order valence-electron chi connectivity index (χ2n) is 15.7. The Balaban J connectivity index is 0.979. The molecule has 40 heavy (non-hydrogen) atoms.